The van der Waals surface area contributed by atoms with Crippen molar-refractivity contribution < 1.29 is 22.7 Å². The molecule has 17 heavy (non-hydrogen) atoms. The molecule has 0 fully saturated rings. The van der Waals surface area contributed by atoms with E-state index in [0.29, 0.717) is 0 Å². The summed E-state index contributed by atoms with van der Waals surface area (Å²) >= 11 is 0. The van der Waals surface area contributed by atoms with Crippen LogP contribution in [0, 0.1) is 19.3 Å². The van der Waals surface area contributed by atoms with E-state index in [4.69, 9.17) is 15.9 Å². The van der Waals surface area contributed by atoms with Crippen LogP contribution < -0.4 is 0 Å². The maximum absolute atomic E-state index is 12.0. The Kier molecular flexibility index (Phi) is 3.60. The monoisotopic (exact) mass is 257 g/mol. The maximum Gasteiger partial charge on any atom is 0.371 e. The SMILES string of the molecule is C#CCN(C)S(=O)(=O)c1cc(C(=O)O)oc1C. The van der Waals surface area contributed by atoms with Gasteiger partial charge < -0.3 is 9.52 Å². The van der Waals surface area contributed by atoms with Gasteiger partial charge >= 0.3 is 5.97 Å². The predicted octanol–water partition coefficient (Wildman–Crippen LogP) is 0.540. The summed E-state index contributed by atoms with van der Waals surface area (Å²) in [5, 5.41) is 8.70. The summed E-state index contributed by atoms with van der Waals surface area (Å²) in [6, 6.07) is 0.972. The number of carboxylic acid groups (broad SMARTS) is 1. The van der Waals surface area contributed by atoms with Crippen LogP contribution in [-0.2, 0) is 10.0 Å². The van der Waals surface area contributed by atoms with Gasteiger partial charge in [-0.2, -0.15) is 4.31 Å². The summed E-state index contributed by atoms with van der Waals surface area (Å²) in [7, 11) is -2.50. The fraction of sp³-hybridized carbons (Fsp3) is 0.300. The molecule has 0 aromatic carbocycles. The van der Waals surface area contributed by atoms with Gasteiger partial charge in [0.25, 0.3) is 0 Å². The Balaban J connectivity index is 3.25. The average Bonchev–Trinajstić information content (AvgIpc) is 2.61. The standard InChI is InChI=1S/C10H11NO5S/c1-4-5-11(3)17(14,15)9-6-8(10(12)13)16-7(9)2/h1,6H,5H2,2-3H3,(H,12,13). The Bertz CT molecular complexity index is 578. The van der Waals surface area contributed by atoms with Crippen molar-refractivity contribution in [2.45, 2.75) is 11.8 Å². The Hall–Kier alpha value is -1.78. The van der Waals surface area contributed by atoms with E-state index >= 15 is 0 Å². The van der Waals surface area contributed by atoms with Crippen molar-refractivity contribution >= 4 is 16.0 Å². The first-order chi connectivity index (χ1) is 7.80. The number of aromatic carboxylic acids is 1. The average molecular weight is 257 g/mol. The highest BCUT2D eigenvalue weighted by atomic mass is 32.2. The molecular formula is C10H11NO5S. The van der Waals surface area contributed by atoms with Crippen molar-refractivity contribution in [1.29, 1.82) is 0 Å². The molecule has 0 amide bonds. The minimum absolute atomic E-state index is 0.0197. The lowest BCUT2D eigenvalue weighted by molar-refractivity contribution is 0.0661. The van der Waals surface area contributed by atoms with Gasteiger partial charge in [0.15, 0.2) is 0 Å². The van der Waals surface area contributed by atoms with Gasteiger partial charge in [-0.1, -0.05) is 5.92 Å². The van der Waals surface area contributed by atoms with Crippen molar-refractivity contribution in [3.63, 3.8) is 0 Å². The number of terminal acetylenes is 1. The predicted molar refractivity (Wildman–Crippen MR) is 59.1 cm³/mol. The first-order valence-electron chi connectivity index (χ1n) is 4.54. The molecular weight excluding hydrogens is 246 g/mol. The van der Waals surface area contributed by atoms with E-state index in [1.807, 2.05) is 0 Å². The molecule has 0 bridgehead atoms. The second kappa shape index (κ2) is 4.61. The Morgan fingerprint density at radius 3 is 2.65 bits per heavy atom. The summed E-state index contributed by atoms with van der Waals surface area (Å²) < 4.78 is 29.7. The van der Waals surface area contributed by atoms with Crippen molar-refractivity contribution in [1.82, 2.24) is 4.31 Å². The number of carboxylic acids is 1. The molecule has 0 aliphatic heterocycles. The van der Waals surface area contributed by atoms with Crippen LogP contribution in [0.4, 0.5) is 0 Å². The van der Waals surface area contributed by atoms with Crippen LogP contribution in [0.5, 0.6) is 0 Å². The third-order valence-corrected chi connectivity index (χ3v) is 4.00. The third kappa shape index (κ3) is 2.49. The molecule has 1 rings (SSSR count). The topological polar surface area (TPSA) is 87.8 Å². The zero-order chi connectivity index (χ0) is 13.2. The van der Waals surface area contributed by atoms with E-state index < -0.39 is 21.8 Å². The molecule has 0 aliphatic carbocycles. The normalized spacial score (nSPS) is 11.4. The second-order valence-corrected chi connectivity index (χ2v) is 5.31. The van der Waals surface area contributed by atoms with Crippen molar-refractivity contribution in [2.24, 2.45) is 0 Å². The van der Waals surface area contributed by atoms with Gasteiger partial charge in [0.2, 0.25) is 15.8 Å². The Morgan fingerprint density at radius 2 is 2.24 bits per heavy atom. The molecule has 0 unspecified atom stereocenters. The summed E-state index contributed by atoms with van der Waals surface area (Å²) in [5.41, 5.74) is 0. The van der Waals surface area contributed by atoms with Crippen LogP contribution in [0.15, 0.2) is 15.4 Å². The lowest BCUT2D eigenvalue weighted by atomic mass is 10.4. The van der Waals surface area contributed by atoms with E-state index in [-0.39, 0.29) is 17.2 Å². The lowest BCUT2D eigenvalue weighted by Gasteiger charge is -2.12. The Morgan fingerprint density at radius 1 is 1.65 bits per heavy atom. The fourth-order valence-electron chi connectivity index (χ4n) is 1.21. The third-order valence-electron chi connectivity index (χ3n) is 2.09. The number of sulfonamides is 1. The number of rotatable bonds is 4. The van der Waals surface area contributed by atoms with Crippen LogP contribution in [0.25, 0.3) is 0 Å². The molecule has 0 spiro atoms. The number of furan rings is 1. The van der Waals surface area contributed by atoms with Gasteiger partial charge in [-0.25, -0.2) is 13.2 Å². The van der Waals surface area contributed by atoms with E-state index in [0.717, 1.165) is 10.4 Å². The number of hydrogen-bond acceptors (Lipinski definition) is 4. The van der Waals surface area contributed by atoms with Gasteiger partial charge in [-0.05, 0) is 6.92 Å². The molecule has 6 nitrogen and oxygen atoms in total. The molecule has 0 atom stereocenters. The highest BCUT2D eigenvalue weighted by Gasteiger charge is 2.27. The van der Waals surface area contributed by atoms with Gasteiger partial charge in [0.05, 0.1) is 6.54 Å². The van der Waals surface area contributed by atoms with Crippen LogP contribution in [0.3, 0.4) is 0 Å². The quantitative estimate of drug-likeness (QED) is 0.795. The first-order valence-corrected chi connectivity index (χ1v) is 5.98. The highest BCUT2D eigenvalue weighted by Crippen LogP contribution is 2.22. The number of hydrogen-bond donors (Lipinski definition) is 1. The number of nitrogens with zero attached hydrogens (tertiary/aromatic N) is 1. The zero-order valence-electron chi connectivity index (χ0n) is 9.30. The zero-order valence-corrected chi connectivity index (χ0v) is 10.1. The Labute approximate surface area is 98.9 Å². The van der Waals surface area contributed by atoms with E-state index in [9.17, 15) is 13.2 Å². The minimum atomic E-state index is -3.81. The summed E-state index contributed by atoms with van der Waals surface area (Å²) in [5.74, 6) is 0.466. The van der Waals surface area contributed by atoms with Gasteiger partial charge in [0, 0.05) is 13.1 Å². The second-order valence-electron chi connectivity index (χ2n) is 3.30. The van der Waals surface area contributed by atoms with Crippen LogP contribution in [0.2, 0.25) is 0 Å². The molecule has 1 heterocycles. The molecule has 0 saturated carbocycles. The van der Waals surface area contributed by atoms with Gasteiger partial charge in [0.1, 0.15) is 10.7 Å². The lowest BCUT2D eigenvalue weighted by Crippen LogP contribution is -2.27. The van der Waals surface area contributed by atoms with Crippen molar-refractivity contribution in [3.8, 4) is 12.3 Å². The molecule has 0 radical (unpaired) electrons. The van der Waals surface area contributed by atoms with Crippen molar-refractivity contribution in [3.05, 3.63) is 17.6 Å². The van der Waals surface area contributed by atoms with Crippen LogP contribution in [-0.4, -0.2) is 37.4 Å². The maximum atomic E-state index is 12.0. The molecule has 1 aromatic heterocycles. The van der Waals surface area contributed by atoms with E-state index in [1.165, 1.54) is 14.0 Å². The smallest absolute Gasteiger partial charge is 0.371 e. The fourth-order valence-corrected chi connectivity index (χ4v) is 2.45. The molecule has 7 heteroatoms. The summed E-state index contributed by atoms with van der Waals surface area (Å²) in [4.78, 5) is 10.5. The van der Waals surface area contributed by atoms with Crippen LogP contribution in [0.1, 0.15) is 16.3 Å². The largest absolute Gasteiger partial charge is 0.475 e. The van der Waals surface area contributed by atoms with Gasteiger partial charge in [-0.3, -0.25) is 0 Å². The van der Waals surface area contributed by atoms with Gasteiger partial charge in [-0.15, -0.1) is 6.42 Å². The molecule has 0 saturated heterocycles. The molecule has 92 valence electrons. The van der Waals surface area contributed by atoms with E-state index in [2.05, 4.69) is 5.92 Å². The highest BCUT2D eigenvalue weighted by molar-refractivity contribution is 7.89. The van der Waals surface area contributed by atoms with Crippen molar-refractivity contribution in [2.75, 3.05) is 13.6 Å². The number of aryl methyl sites for hydroxylation is 1. The molecule has 0 aliphatic rings. The molecule has 1 aromatic rings. The molecule has 1 N–H and O–H groups in total. The minimum Gasteiger partial charge on any atom is -0.475 e. The van der Waals surface area contributed by atoms with E-state index in [1.54, 1.807) is 0 Å². The van der Waals surface area contributed by atoms with Crippen LogP contribution >= 0.6 is 0 Å². The summed E-state index contributed by atoms with van der Waals surface area (Å²) in [6.07, 6.45) is 5.02. The summed E-state index contributed by atoms with van der Waals surface area (Å²) in [6.45, 7) is 1.28. The number of carbonyl (C=O) groups is 1. The first kappa shape index (κ1) is 13.3.